The number of benzene rings is 2. The van der Waals surface area contributed by atoms with Crippen molar-refractivity contribution in [1.29, 1.82) is 0 Å². The van der Waals surface area contributed by atoms with E-state index < -0.39 is 0 Å². The molecule has 124 valence electrons. The van der Waals surface area contributed by atoms with Crippen molar-refractivity contribution in [1.82, 2.24) is 0 Å². The van der Waals surface area contributed by atoms with E-state index >= 15 is 0 Å². The Bertz CT molecular complexity index is 778. The van der Waals surface area contributed by atoms with Crippen molar-refractivity contribution in [3.05, 3.63) is 75.8 Å². The fraction of sp³-hybridized carbons (Fsp3) is 0.286. The van der Waals surface area contributed by atoms with Crippen LogP contribution < -0.4 is 0 Å². The average molecular weight is 341 g/mol. The molecular weight excluding hydrogens is 320 g/mol. The number of rotatable bonds is 3. The molecule has 2 aromatic carbocycles. The van der Waals surface area contributed by atoms with E-state index in [4.69, 9.17) is 16.3 Å². The number of carbonyl (C=O) groups is 1. The van der Waals surface area contributed by atoms with Crippen LogP contribution in [0.1, 0.15) is 41.5 Å². The van der Waals surface area contributed by atoms with Gasteiger partial charge in [0.05, 0.1) is 6.61 Å². The SMILES string of the molecule is CCOC(=O)/C=C1\CC(c2ccccc2)Cc2ccc(Cl)c(C)c21. The van der Waals surface area contributed by atoms with E-state index in [-0.39, 0.29) is 5.97 Å². The van der Waals surface area contributed by atoms with Crippen LogP contribution in [-0.4, -0.2) is 12.6 Å². The van der Waals surface area contributed by atoms with Crippen molar-refractivity contribution in [3.63, 3.8) is 0 Å². The molecule has 0 radical (unpaired) electrons. The molecule has 0 amide bonds. The molecule has 0 spiro atoms. The van der Waals surface area contributed by atoms with Gasteiger partial charge in [0.25, 0.3) is 0 Å². The molecule has 2 nitrogen and oxygen atoms in total. The molecule has 24 heavy (non-hydrogen) atoms. The predicted molar refractivity (Wildman–Crippen MR) is 98.3 cm³/mol. The summed E-state index contributed by atoms with van der Waals surface area (Å²) in [6.45, 7) is 4.22. The quantitative estimate of drug-likeness (QED) is 0.558. The third-order valence-corrected chi connectivity index (χ3v) is 5.00. The van der Waals surface area contributed by atoms with Crippen molar-refractivity contribution in [3.8, 4) is 0 Å². The van der Waals surface area contributed by atoms with Crippen molar-refractivity contribution >= 4 is 23.1 Å². The third-order valence-electron chi connectivity index (χ3n) is 4.59. The summed E-state index contributed by atoms with van der Waals surface area (Å²) in [6, 6.07) is 14.5. The lowest BCUT2D eigenvalue weighted by Crippen LogP contribution is -2.15. The van der Waals surface area contributed by atoms with Gasteiger partial charge in [0.1, 0.15) is 0 Å². The summed E-state index contributed by atoms with van der Waals surface area (Å²) in [5.74, 6) is 0.0755. The predicted octanol–water partition coefficient (Wildman–Crippen LogP) is 5.32. The van der Waals surface area contributed by atoms with E-state index in [1.54, 1.807) is 6.08 Å². The van der Waals surface area contributed by atoms with Gasteiger partial charge in [0.15, 0.2) is 0 Å². The second-order valence-electron chi connectivity index (χ2n) is 6.14. The molecule has 1 atom stereocenters. The van der Waals surface area contributed by atoms with Crippen molar-refractivity contribution in [2.45, 2.75) is 32.6 Å². The first-order chi connectivity index (χ1) is 11.6. The van der Waals surface area contributed by atoms with Crippen LogP contribution in [0.4, 0.5) is 0 Å². The van der Waals surface area contributed by atoms with Gasteiger partial charge in [-0.2, -0.15) is 0 Å². The second-order valence-corrected chi connectivity index (χ2v) is 6.55. The van der Waals surface area contributed by atoms with Gasteiger partial charge < -0.3 is 4.74 Å². The average Bonchev–Trinajstić information content (AvgIpc) is 2.59. The Morgan fingerprint density at radius 2 is 1.96 bits per heavy atom. The molecule has 0 fully saturated rings. The minimum atomic E-state index is -0.286. The number of hydrogen-bond acceptors (Lipinski definition) is 2. The zero-order valence-corrected chi connectivity index (χ0v) is 14.8. The number of esters is 1. The maximum Gasteiger partial charge on any atom is 0.331 e. The summed E-state index contributed by atoms with van der Waals surface area (Å²) < 4.78 is 5.12. The maximum absolute atomic E-state index is 12.0. The molecule has 2 aromatic rings. The Morgan fingerprint density at radius 1 is 1.21 bits per heavy atom. The zero-order valence-electron chi connectivity index (χ0n) is 14.0. The van der Waals surface area contributed by atoms with Crippen LogP contribution in [0.25, 0.3) is 5.57 Å². The summed E-state index contributed by atoms with van der Waals surface area (Å²) in [7, 11) is 0. The van der Waals surface area contributed by atoms with Crippen LogP contribution in [0.5, 0.6) is 0 Å². The van der Waals surface area contributed by atoms with Crippen molar-refractivity contribution in [2.75, 3.05) is 6.61 Å². The Balaban J connectivity index is 2.06. The van der Waals surface area contributed by atoms with Crippen molar-refractivity contribution < 1.29 is 9.53 Å². The molecule has 0 aliphatic heterocycles. The van der Waals surface area contributed by atoms with Crippen molar-refractivity contribution in [2.24, 2.45) is 0 Å². The number of hydrogen-bond donors (Lipinski definition) is 0. The molecule has 3 heteroatoms. The minimum Gasteiger partial charge on any atom is -0.463 e. The Hall–Kier alpha value is -2.06. The summed E-state index contributed by atoms with van der Waals surface area (Å²) >= 11 is 6.32. The van der Waals surface area contributed by atoms with Crippen LogP contribution >= 0.6 is 11.6 Å². The highest BCUT2D eigenvalue weighted by atomic mass is 35.5. The van der Waals surface area contributed by atoms with Gasteiger partial charge in [-0.3, -0.25) is 0 Å². The lowest BCUT2D eigenvalue weighted by Gasteiger charge is -2.29. The highest BCUT2D eigenvalue weighted by molar-refractivity contribution is 6.31. The van der Waals surface area contributed by atoms with E-state index in [1.165, 1.54) is 11.1 Å². The van der Waals surface area contributed by atoms with Gasteiger partial charge in [-0.15, -0.1) is 0 Å². The van der Waals surface area contributed by atoms with Crippen LogP contribution in [-0.2, 0) is 16.0 Å². The molecule has 1 aliphatic carbocycles. The summed E-state index contributed by atoms with van der Waals surface area (Å²) in [6.07, 6.45) is 3.41. The summed E-state index contributed by atoms with van der Waals surface area (Å²) in [5, 5.41) is 0.738. The molecular formula is C21H21ClO2. The first-order valence-electron chi connectivity index (χ1n) is 8.30. The van der Waals surface area contributed by atoms with Crippen LogP contribution in [0, 0.1) is 6.92 Å². The molecule has 0 saturated carbocycles. The summed E-state index contributed by atoms with van der Waals surface area (Å²) in [5.41, 5.74) is 5.71. The molecule has 3 rings (SSSR count). The number of allylic oxidation sites excluding steroid dienone is 1. The van der Waals surface area contributed by atoms with Gasteiger partial charge in [0, 0.05) is 11.1 Å². The molecule has 0 heterocycles. The molecule has 0 N–H and O–H groups in total. The molecule has 0 saturated heterocycles. The zero-order chi connectivity index (χ0) is 17.1. The van der Waals surface area contributed by atoms with Gasteiger partial charge >= 0.3 is 5.97 Å². The Labute approximate surface area is 148 Å². The topological polar surface area (TPSA) is 26.3 Å². The highest BCUT2D eigenvalue weighted by Crippen LogP contribution is 2.42. The summed E-state index contributed by atoms with van der Waals surface area (Å²) in [4.78, 5) is 12.0. The maximum atomic E-state index is 12.0. The fourth-order valence-corrected chi connectivity index (χ4v) is 3.64. The fourth-order valence-electron chi connectivity index (χ4n) is 3.48. The van der Waals surface area contributed by atoms with E-state index in [9.17, 15) is 4.79 Å². The van der Waals surface area contributed by atoms with Gasteiger partial charge in [-0.1, -0.05) is 48.0 Å². The Morgan fingerprint density at radius 3 is 2.67 bits per heavy atom. The molecule has 0 bridgehead atoms. The first-order valence-corrected chi connectivity index (χ1v) is 8.68. The van der Waals surface area contributed by atoms with E-state index in [2.05, 4.69) is 30.3 Å². The minimum absolute atomic E-state index is 0.286. The molecule has 1 unspecified atom stereocenters. The monoisotopic (exact) mass is 340 g/mol. The highest BCUT2D eigenvalue weighted by Gasteiger charge is 2.26. The Kier molecular flexibility index (Phi) is 5.06. The van der Waals surface area contributed by atoms with Gasteiger partial charge in [-0.05, 0) is 66.5 Å². The normalized spacial score (nSPS) is 18.3. The number of halogens is 1. The number of carbonyl (C=O) groups excluding carboxylic acids is 1. The molecule has 0 aromatic heterocycles. The van der Waals surface area contributed by atoms with Crippen LogP contribution in [0.15, 0.2) is 48.5 Å². The number of ether oxygens (including phenoxy) is 1. The van der Waals surface area contributed by atoms with Crippen LogP contribution in [0.2, 0.25) is 5.02 Å². The van der Waals surface area contributed by atoms with E-state index in [0.29, 0.717) is 12.5 Å². The standard InChI is InChI=1S/C21H21ClO2/c1-3-24-20(23)13-18-12-17(15-7-5-4-6-8-15)11-16-9-10-19(22)14(2)21(16)18/h4-10,13,17H,3,11-12H2,1-2H3/b18-13+. The van der Waals surface area contributed by atoms with Gasteiger partial charge in [0.2, 0.25) is 0 Å². The van der Waals surface area contributed by atoms with E-state index in [1.807, 2.05) is 26.0 Å². The molecule has 1 aliphatic rings. The number of fused-ring (bicyclic) bond motifs is 1. The first kappa shape index (κ1) is 16.8. The lowest BCUT2D eigenvalue weighted by atomic mass is 9.76. The second kappa shape index (κ2) is 7.23. The third kappa shape index (κ3) is 3.39. The van der Waals surface area contributed by atoms with Crippen LogP contribution in [0.3, 0.4) is 0 Å². The largest absolute Gasteiger partial charge is 0.463 e. The smallest absolute Gasteiger partial charge is 0.331 e. The van der Waals surface area contributed by atoms with E-state index in [0.717, 1.165) is 34.6 Å². The lowest BCUT2D eigenvalue weighted by molar-refractivity contribution is -0.137. The van der Waals surface area contributed by atoms with Gasteiger partial charge in [-0.25, -0.2) is 4.79 Å².